The molecule has 1 nitrogen and oxygen atoms in total. The van der Waals surface area contributed by atoms with Crippen LogP contribution in [0.3, 0.4) is 0 Å². The molecule has 0 spiro atoms. The van der Waals surface area contributed by atoms with E-state index in [9.17, 15) is 5.26 Å². The molecule has 86 valence electrons. The van der Waals surface area contributed by atoms with Crippen LogP contribution in [0.2, 0.25) is 0 Å². The lowest BCUT2D eigenvalue weighted by atomic mass is 9.46. The zero-order valence-electron chi connectivity index (χ0n) is 9.58. The van der Waals surface area contributed by atoms with E-state index in [2.05, 4.69) is 28.6 Å². The summed E-state index contributed by atoms with van der Waals surface area (Å²) < 4.78 is 0.914. The fraction of sp³-hybridized carbons (Fsp3) is 0.786. The van der Waals surface area contributed by atoms with Crippen molar-refractivity contribution in [3.8, 4) is 6.07 Å². The molecule has 1 atom stereocenters. The number of nitrogens with zero attached hydrogens (tertiary/aromatic N) is 1. The molecule has 4 fully saturated rings. The monoisotopic (exact) mass is 279 g/mol. The van der Waals surface area contributed by atoms with Gasteiger partial charge in [-0.15, -0.1) is 0 Å². The number of hydrogen-bond donors (Lipinski definition) is 0. The number of nitriles is 1. The predicted octanol–water partition coefficient (Wildman–Crippen LogP) is 4.25. The Morgan fingerprint density at radius 1 is 1.19 bits per heavy atom. The van der Waals surface area contributed by atoms with Gasteiger partial charge in [-0.05, 0) is 61.7 Å². The molecule has 2 heteroatoms. The van der Waals surface area contributed by atoms with Gasteiger partial charge in [0.25, 0.3) is 0 Å². The highest BCUT2D eigenvalue weighted by Crippen LogP contribution is 2.63. The maximum atomic E-state index is 9.42. The Labute approximate surface area is 106 Å². The fourth-order valence-corrected chi connectivity index (χ4v) is 5.66. The van der Waals surface area contributed by atoms with Crippen LogP contribution in [0.15, 0.2) is 11.1 Å². The highest BCUT2D eigenvalue weighted by molar-refractivity contribution is 9.11. The minimum absolute atomic E-state index is 0.0425. The first-order valence-corrected chi connectivity index (χ1v) is 7.16. The van der Waals surface area contributed by atoms with Crippen molar-refractivity contribution < 1.29 is 0 Å². The van der Waals surface area contributed by atoms with Gasteiger partial charge < -0.3 is 0 Å². The summed E-state index contributed by atoms with van der Waals surface area (Å²) in [5, 5.41) is 9.42. The molecule has 0 unspecified atom stereocenters. The van der Waals surface area contributed by atoms with E-state index in [0.717, 1.165) is 22.2 Å². The van der Waals surface area contributed by atoms with E-state index >= 15 is 0 Å². The minimum Gasteiger partial charge on any atom is -0.198 e. The van der Waals surface area contributed by atoms with E-state index in [-0.39, 0.29) is 11.3 Å². The lowest BCUT2D eigenvalue weighted by Gasteiger charge is -2.58. The van der Waals surface area contributed by atoms with Crippen LogP contribution in [-0.4, -0.2) is 0 Å². The second-order valence-electron chi connectivity index (χ2n) is 6.29. The van der Waals surface area contributed by atoms with Crippen molar-refractivity contribution in [2.75, 3.05) is 0 Å². The highest BCUT2D eigenvalue weighted by atomic mass is 79.9. The molecule has 0 aromatic rings. The second-order valence-corrected chi connectivity index (χ2v) is 7.31. The van der Waals surface area contributed by atoms with Crippen molar-refractivity contribution in [3.05, 3.63) is 11.1 Å². The highest BCUT2D eigenvalue weighted by Gasteiger charge is 2.54. The average molecular weight is 280 g/mol. The van der Waals surface area contributed by atoms with Gasteiger partial charge in [-0.3, -0.25) is 0 Å². The van der Waals surface area contributed by atoms with Crippen LogP contribution in [0.1, 0.15) is 38.5 Å². The van der Waals surface area contributed by atoms with Gasteiger partial charge in [-0.25, -0.2) is 0 Å². The van der Waals surface area contributed by atoms with Crippen LogP contribution in [-0.2, 0) is 0 Å². The molecule has 0 aromatic heterocycles. The summed E-state index contributed by atoms with van der Waals surface area (Å²) in [5.41, 5.74) is 0.282. The molecule has 4 aliphatic carbocycles. The average Bonchev–Trinajstić information content (AvgIpc) is 2.14. The zero-order valence-corrected chi connectivity index (χ0v) is 11.2. The summed E-state index contributed by atoms with van der Waals surface area (Å²) in [4.78, 5) is 0. The van der Waals surface area contributed by atoms with Gasteiger partial charge in [0.05, 0.1) is 12.0 Å². The summed E-state index contributed by atoms with van der Waals surface area (Å²) in [7, 11) is 0. The summed E-state index contributed by atoms with van der Waals surface area (Å²) >= 11 is 3.47. The maximum Gasteiger partial charge on any atom is 0.0828 e. The van der Waals surface area contributed by atoms with Crippen molar-refractivity contribution in [2.24, 2.45) is 29.1 Å². The van der Waals surface area contributed by atoms with Crippen LogP contribution in [0.4, 0.5) is 0 Å². The van der Waals surface area contributed by atoms with Gasteiger partial charge in [0.15, 0.2) is 0 Å². The van der Waals surface area contributed by atoms with E-state index in [1.54, 1.807) is 0 Å². The Kier molecular flexibility index (Phi) is 2.44. The molecule has 4 saturated carbocycles. The summed E-state index contributed by atoms with van der Waals surface area (Å²) in [6.07, 6.45) is 8.15. The SMILES string of the molecule is C=C(Br)[C@@H](C#N)C12CC3CC(CC(C3)C1)C2. The lowest BCUT2D eigenvalue weighted by Crippen LogP contribution is -2.49. The molecule has 0 radical (unpaired) electrons. The number of halogens is 1. The molecule has 4 bridgehead atoms. The molecule has 0 saturated heterocycles. The van der Waals surface area contributed by atoms with E-state index < -0.39 is 0 Å². The first-order chi connectivity index (χ1) is 7.63. The molecule has 0 heterocycles. The summed E-state index contributed by atoms with van der Waals surface area (Å²) in [6.45, 7) is 3.98. The van der Waals surface area contributed by atoms with Crippen LogP contribution in [0.25, 0.3) is 0 Å². The normalized spacial score (nSPS) is 46.4. The Morgan fingerprint density at radius 3 is 1.94 bits per heavy atom. The molecule has 4 aliphatic rings. The smallest absolute Gasteiger partial charge is 0.0828 e. The molecule has 16 heavy (non-hydrogen) atoms. The van der Waals surface area contributed by atoms with Gasteiger partial charge in [0, 0.05) is 4.48 Å². The molecule has 0 aromatic carbocycles. The molecule has 0 N–H and O–H groups in total. The summed E-state index contributed by atoms with van der Waals surface area (Å²) in [5.74, 6) is 2.78. The van der Waals surface area contributed by atoms with Gasteiger partial charge in [-0.1, -0.05) is 22.5 Å². The van der Waals surface area contributed by atoms with Crippen LogP contribution in [0, 0.1) is 40.4 Å². The Balaban J connectivity index is 1.93. The number of allylic oxidation sites excluding steroid dienone is 1. The number of rotatable bonds is 2. The topological polar surface area (TPSA) is 23.8 Å². The predicted molar refractivity (Wildman–Crippen MR) is 67.8 cm³/mol. The van der Waals surface area contributed by atoms with E-state index in [0.29, 0.717) is 0 Å². The molecular formula is C14H18BrN. The van der Waals surface area contributed by atoms with Gasteiger partial charge in [-0.2, -0.15) is 5.26 Å². The Hall–Kier alpha value is -0.290. The Morgan fingerprint density at radius 2 is 1.62 bits per heavy atom. The van der Waals surface area contributed by atoms with Gasteiger partial charge in [0.2, 0.25) is 0 Å². The third kappa shape index (κ3) is 1.48. The van der Waals surface area contributed by atoms with Crippen LogP contribution >= 0.6 is 15.9 Å². The zero-order chi connectivity index (χ0) is 11.3. The van der Waals surface area contributed by atoms with Crippen molar-refractivity contribution in [1.82, 2.24) is 0 Å². The Bertz CT molecular complexity index is 330. The molecular weight excluding hydrogens is 262 g/mol. The lowest BCUT2D eigenvalue weighted by molar-refractivity contribution is -0.0660. The molecule has 0 amide bonds. The van der Waals surface area contributed by atoms with E-state index in [1.165, 1.54) is 38.5 Å². The quantitative estimate of drug-likeness (QED) is 0.741. The van der Waals surface area contributed by atoms with Gasteiger partial charge >= 0.3 is 0 Å². The van der Waals surface area contributed by atoms with Crippen molar-refractivity contribution in [3.63, 3.8) is 0 Å². The van der Waals surface area contributed by atoms with Crippen molar-refractivity contribution in [1.29, 1.82) is 5.26 Å². The standard InChI is InChI=1S/C14H18BrN/c1-9(15)13(8-16)14-5-10-2-11(6-14)4-12(3-10)7-14/h10-13H,1-7H2/t10?,11?,12?,13-,14?/m1/s1. The molecule has 4 rings (SSSR count). The largest absolute Gasteiger partial charge is 0.198 e. The molecule has 0 aliphatic heterocycles. The van der Waals surface area contributed by atoms with Crippen molar-refractivity contribution in [2.45, 2.75) is 38.5 Å². The van der Waals surface area contributed by atoms with Gasteiger partial charge in [0.1, 0.15) is 0 Å². The van der Waals surface area contributed by atoms with E-state index in [4.69, 9.17) is 0 Å². The van der Waals surface area contributed by atoms with Crippen LogP contribution < -0.4 is 0 Å². The first-order valence-electron chi connectivity index (χ1n) is 6.37. The van der Waals surface area contributed by atoms with Crippen molar-refractivity contribution >= 4 is 15.9 Å². The summed E-state index contributed by atoms with van der Waals surface area (Å²) in [6, 6.07) is 2.51. The van der Waals surface area contributed by atoms with E-state index in [1.807, 2.05) is 0 Å². The maximum absolute atomic E-state index is 9.42. The second kappa shape index (κ2) is 3.60. The third-order valence-electron chi connectivity index (χ3n) is 5.14. The first kappa shape index (κ1) is 10.8. The van der Waals surface area contributed by atoms with Crippen LogP contribution in [0.5, 0.6) is 0 Å². The number of hydrogen-bond acceptors (Lipinski definition) is 1. The fourth-order valence-electron chi connectivity index (χ4n) is 5.07. The minimum atomic E-state index is 0.0425. The third-order valence-corrected chi connectivity index (χ3v) is 5.60.